The monoisotopic (exact) mass is 167 g/mol. The molecule has 3 nitrogen and oxygen atoms in total. The van der Waals surface area contributed by atoms with Crippen LogP contribution in [0.15, 0.2) is 0 Å². The van der Waals surface area contributed by atoms with E-state index in [-0.39, 0.29) is 24.0 Å². The van der Waals surface area contributed by atoms with Gasteiger partial charge in [-0.15, -0.1) is 0 Å². The molecule has 1 saturated heterocycles. The summed E-state index contributed by atoms with van der Waals surface area (Å²) in [6, 6.07) is 1.89. The predicted octanol–water partition coefficient (Wildman–Crippen LogP) is 1.14. The SMILES string of the molecule is CC1COCCC1C(=O)CC#N. The highest BCUT2D eigenvalue weighted by atomic mass is 16.5. The van der Waals surface area contributed by atoms with E-state index >= 15 is 0 Å². The highest BCUT2D eigenvalue weighted by Gasteiger charge is 2.27. The van der Waals surface area contributed by atoms with Gasteiger partial charge in [0.1, 0.15) is 5.78 Å². The first-order valence-electron chi connectivity index (χ1n) is 4.23. The average Bonchev–Trinajstić information content (AvgIpc) is 2.05. The smallest absolute Gasteiger partial charge is 0.150 e. The Morgan fingerprint density at radius 2 is 2.50 bits per heavy atom. The molecule has 0 aromatic rings. The molecule has 3 heteroatoms. The van der Waals surface area contributed by atoms with Crippen molar-refractivity contribution in [1.29, 1.82) is 5.26 Å². The van der Waals surface area contributed by atoms with Crippen molar-refractivity contribution in [3.63, 3.8) is 0 Å². The Morgan fingerprint density at radius 1 is 1.75 bits per heavy atom. The highest BCUT2D eigenvalue weighted by Crippen LogP contribution is 2.22. The quantitative estimate of drug-likeness (QED) is 0.619. The van der Waals surface area contributed by atoms with Crippen LogP contribution in [0.4, 0.5) is 0 Å². The number of carbonyl (C=O) groups excluding carboxylic acids is 1. The van der Waals surface area contributed by atoms with Crippen molar-refractivity contribution in [2.24, 2.45) is 11.8 Å². The number of Topliss-reactive ketones (excluding diaryl/α,β-unsaturated/α-hetero) is 1. The van der Waals surface area contributed by atoms with Crippen LogP contribution in [0, 0.1) is 23.2 Å². The van der Waals surface area contributed by atoms with E-state index in [0.717, 1.165) is 6.42 Å². The van der Waals surface area contributed by atoms with Crippen molar-refractivity contribution in [1.82, 2.24) is 0 Å². The lowest BCUT2D eigenvalue weighted by Gasteiger charge is -2.26. The summed E-state index contributed by atoms with van der Waals surface area (Å²) in [5.74, 6) is 0.409. The van der Waals surface area contributed by atoms with Crippen molar-refractivity contribution in [2.45, 2.75) is 19.8 Å². The third-order valence-electron chi connectivity index (χ3n) is 2.31. The molecule has 0 saturated carbocycles. The molecule has 0 amide bonds. The molecule has 0 spiro atoms. The van der Waals surface area contributed by atoms with Gasteiger partial charge >= 0.3 is 0 Å². The Balaban J connectivity index is 2.49. The van der Waals surface area contributed by atoms with Gasteiger partial charge in [-0.1, -0.05) is 6.92 Å². The molecule has 12 heavy (non-hydrogen) atoms. The zero-order valence-corrected chi connectivity index (χ0v) is 7.25. The molecule has 66 valence electrons. The number of nitriles is 1. The standard InChI is InChI=1S/C9H13NO2/c1-7-6-12-5-3-8(7)9(11)2-4-10/h7-8H,2-3,5-6H2,1H3. The summed E-state index contributed by atoms with van der Waals surface area (Å²) in [6.07, 6.45) is 0.830. The molecule has 1 rings (SSSR count). The van der Waals surface area contributed by atoms with Crippen LogP contribution in [0.1, 0.15) is 19.8 Å². The lowest BCUT2D eigenvalue weighted by molar-refractivity contribution is -0.127. The van der Waals surface area contributed by atoms with E-state index in [1.165, 1.54) is 0 Å². The number of hydrogen-bond donors (Lipinski definition) is 0. The van der Waals surface area contributed by atoms with Crippen molar-refractivity contribution in [3.8, 4) is 6.07 Å². The summed E-state index contributed by atoms with van der Waals surface area (Å²) in [5, 5.41) is 8.35. The number of ether oxygens (including phenoxy) is 1. The van der Waals surface area contributed by atoms with Crippen molar-refractivity contribution in [2.75, 3.05) is 13.2 Å². The molecule has 0 aromatic heterocycles. The lowest BCUT2D eigenvalue weighted by atomic mass is 9.85. The van der Waals surface area contributed by atoms with Gasteiger partial charge in [-0.25, -0.2) is 0 Å². The molecule has 0 N–H and O–H groups in total. The first-order chi connectivity index (χ1) is 5.75. The van der Waals surface area contributed by atoms with E-state index in [1.54, 1.807) is 0 Å². The summed E-state index contributed by atoms with van der Waals surface area (Å²) >= 11 is 0. The van der Waals surface area contributed by atoms with Gasteiger partial charge in [-0.05, 0) is 12.3 Å². The minimum atomic E-state index is 0.0506. The van der Waals surface area contributed by atoms with Crippen LogP contribution in [-0.2, 0) is 9.53 Å². The van der Waals surface area contributed by atoms with E-state index in [0.29, 0.717) is 13.2 Å². The number of carbonyl (C=O) groups is 1. The van der Waals surface area contributed by atoms with E-state index in [2.05, 4.69) is 0 Å². The van der Waals surface area contributed by atoms with Crippen LogP contribution in [0.2, 0.25) is 0 Å². The third kappa shape index (κ3) is 2.05. The van der Waals surface area contributed by atoms with Gasteiger partial charge in [-0.2, -0.15) is 5.26 Å². The molecule has 1 fully saturated rings. The van der Waals surface area contributed by atoms with Crippen LogP contribution in [0.3, 0.4) is 0 Å². The number of rotatable bonds is 2. The van der Waals surface area contributed by atoms with Gasteiger partial charge in [0.05, 0.1) is 12.5 Å². The molecular formula is C9H13NO2. The molecule has 1 aliphatic heterocycles. The zero-order valence-electron chi connectivity index (χ0n) is 7.25. The van der Waals surface area contributed by atoms with Gasteiger partial charge in [0, 0.05) is 19.1 Å². The maximum Gasteiger partial charge on any atom is 0.150 e. The second kappa shape index (κ2) is 4.22. The van der Waals surface area contributed by atoms with Crippen molar-refractivity contribution in [3.05, 3.63) is 0 Å². The highest BCUT2D eigenvalue weighted by molar-refractivity contribution is 5.83. The van der Waals surface area contributed by atoms with Gasteiger partial charge in [0.15, 0.2) is 0 Å². The molecule has 2 unspecified atom stereocenters. The molecule has 0 aliphatic carbocycles. The van der Waals surface area contributed by atoms with Gasteiger partial charge in [0.25, 0.3) is 0 Å². The third-order valence-corrected chi connectivity index (χ3v) is 2.31. The number of nitrogens with zero attached hydrogens (tertiary/aromatic N) is 1. The Kier molecular flexibility index (Phi) is 3.24. The molecule has 1 heterocycles. The predicted molar refractivity (Wildman–Crippen MR) is 43.3 cm³/mol. The Labute approximate surface area is 72.3 Å². The maximum absolute atomic E-state index is 11.3. The normalized spacial score (nSPS) is 29.3. The lowest BCUT2D eigenvalue weighted by Crippen LogP contribution is -2.31. The number of hydrogen-bond acceptors (Lipinski definition) is 3. The first kappa shape index (κ1) is 9.21. The Bertz CT molecular complexity index is 207. The van der Waals surface area contributed by atoms with Crippen molar-refractivity contribution < 1.29 is 9.53 Å². The molecule has 1 aliphatic rings. The first-order valence-corrected chi connectivity index (χ1v) is 4.23. The molecule has 0 radical (unpaired) electrons. The fourth-order valence-corrected chi connectivity index (χ4v) is 1.57. The van der Waals surface area contributed by atoms with Gasteiger partial charge in [0.2, 0.25) is 0 Å². The molecule has 2 atom stereocenters. The van der Waals surface area contributed by atoms with Gasteiger partial charge in [-0.3, -0.25) is 4.79 Å². The van der Waals surface area contributed by atoms with Crippen LogP contribution in [0.5, 0.6) is 0 Å². The molecule has 0 bridgehead atoms. The largest absolute Gasteiger partial charge is 0.381 e. The minimum absolute atomic E-state index is 0.0506. The fourth-order valence-electron chi connectivity index (χ4n) is 1.57. The second-order valence-electron chi connectivity index (χ2n) is 3.25. The van der Waals surface area contributed by atoms with Gasteiger partial charge < -0.3 is 4.74 Å². The summed E-state index contributed by atoms with van der Waals surface area (Å²) in [5.41, 5.74) is 0. The van der Waals surface area contributed by atoms with Crippen molar-refractivity contribution >= 4 is 5.78 Å². The summed E-state index contributed by atoms with van der Waals surface area (Å²) in [4.78, 5) is 11.3. The zero-order chi connectivity index (χ0) is 8.97. The average molecular weight is 167 g/mol. The fraction of sp³-hybridized carbons (Fsp3) is 0.778. The van der Waals surface area contributed by atoms with E-state index < -0.39 is 0 Å². The number of ketones is 1. The Hall–Kier alpha value is -0.880. The van der Waals surface area contributed by atoms with Crippen LogP contribution in [-0.4, -0.2) is 19.0 Å². The minimum Gasteiger partial charge on any atom is -0.381 e. The van der Waals surface area contributed by atoms with Crippen LogP contribution in [0.25, 0.3) is 0 Å². The van der Waals surface area contributed by atoms with E-state index in [9.17, 15) is 4.79 Å². The summed E-state index contributed by atoms with van der Waals surface area (Å²) < 4.78 is 5.21. The topological polar surface area (TPSA) is 50.1 Å². The summed E-state index contributed by atoms with van der Waals surface area (Å²) in [7, 11) is 0. The van der Waals surface area contributed by atoms with Crippen LogP contribution < -0.4 is 0 Å². The Morgan fingerprint density at radius 3 is 3.08 bits per heavy atom. The maximum atomic E-state index is 11.3. The molecule has 0 aromatic carbocycles. The second-order valence-corrected chi connectivity index (χ2v) is 3.25. The van der Waals surface area contributed by atoms with E-state index in [4.69, 9.17) is 10.00 Å². The molecular weight excluding hydrogens is 154 g/mol. The summed E-state index contributed by atoms with van der Waals surface area (Å²) in [6.45, 7) is 3.31. The van der Waals surface area contributed by atoms with Crippen LogP contribution >= 0.6 is 0 Å². The van der Waals surface area contributed by atoms with E-state index in [1.807, 2.05) is 13.0 Å².